The molecule has 3 aromatic heterocycles. The Morgan fingerprint density at radius 3 is 2.52 bits per heavy atom. The van der Waals surface area contributed by atoms with E-state index in [0.717, 1.165) is 10.9 Å². The molecule has 5 aromatic rings. The van der Waals surface area contributed by atoms with Crippen molar-refractivity contribution in [1.29, 1.82) is 0 Å². The van der Waals surface area contributed by atoms with Gasteiger partial charge in [0.2, 0.25) is 0 Å². The van der Waals surface area contributed by atoms with E-state index in [1.54, 1.807) is 43.6 Å². The summed E-state index contributed by atoms with van der Waals surface area (Å²) in [5, 5.41) is 3.48. The monoisotopic (exact) mass is 532 g/mol. The SMILES string of the molecule is COc1ccc2c(Oc3ccc(NC(=O)c4cc5c(n(-c6ccccc6)c4=O)CCCC5=O)nc3)ccnc2c1. The Labute approximate surface area is 229 Å². The molecule has 0 aliphatic heterocycles. The minimum Gasteiger partial charge on any atom is -0.497 e. The lowest BCUT2D eigenvalue weighted by atomic mass is 9.92. The number of pyridine rings is 3. The zero-order valence-electron chi connectivity index (χ0n) is 21.6. The zero-order chi connectivity index (χ0) is 27.6. The summed E-state index contributed by atoms with van der Waals surface area (Å²) in [6, 6.07) is 20.9. The first-order chi connectivity index (χ1) is 19.5. The van der Waals surface area contributed by atoms with Gasteiger partial charge in [-0.3, -0.25) is 23.9 Å². The van der Waals surface area contributed by atoms with Crippen LogP contribution in [-0.4, -0.2) is 33.3 Å². The third kappa shape index (κ3) is 4.69. The smallest absolute Gasteiger partial charge is 0.268 e. The van der Waals surface area contributed by atoms with Gasteiger partial charge in [0.15, 0.2) is 5.78 Å². The predicted octanol–water partition coefficient (Wildman–Crippen LogP) is 5.35. The first-order valence-corrected chi connectivity index (χ1v) is 12.8. The van der Waals surface area contributed by atoms with E-state index in [0.29, 0.717) is 53.5 Å². The molecule has 1 aliphatic carbocycles. The van der Waals surface area contributed by atoms with E-state index in [1.807, 2.05) is 36.4 Å². The van der Waals surface area contributed by atoms with Crippen LogP contribution in [0.3, 0.4) is 0 Å². The van der Waals surface area contributed by atoms with E-state index in [-0.39, 0.29) is 17.2 Å². The number of aromatic nitrogens is 3. The highest BCUT2D eigenvalue weighted by Crippen LogP contribution is 2.31. The van der Waals surface area contributed by atoms with E-state index in [9.17, 15) is 14.4 Å². The molecule has 0 spiro atoms. The summed E-state index contributed by atoms with van der Waals surface area (Å²) in [5.74, 6) is 1.24. The number of benzene rings is 2. The summed E-state index contributed by atoms with van der Waals surface area (Å²) in [5.41, 5.74) is 1.75. The van der Waals surface area contributed by atoms with Crippen molar-refractivity contribution < 1.29 is 19.1 Å². The van der Waals surface area contributed by atoms with Crippen LogP contribution in [0.4, 0.5) is 5.82 Å². The quantitative estimate of drug-likeness (QED) is 0.314. The Bertz CT molecular complexity index is 1810. The second kappa shape index (κ2) is 10.5. The van der Waals surface area contributed by atoms with Crippen molar-refractivity contribution in [2.75, 3.05) is 12.4 Å². The second-order valence-corrected chi connectivity index (χ2v) is 9.30. The van der Waals surface area contributed by atoms with E-state index in [1.165, 1.54) is 16.8 Å². The molecule has 0 unspecified atom stereocenters. The zero-order valence-corrected chi connectivity index (χ0v) is 21.6. The number of fused-ring (bicyclic) bond motifs is 2. The van der Waals surface area contributed by atoms with Crippen LogP contribution in [0.15, 0.2) is 90.0 Å². The summed E-state index contributed by atoms with van der Waals surface area (Å²) in [6.07, 6.45) is 4.74. The van der Waals surface area contributed by atoms with Gasteiger partial charge in [0, 0.05) is 41.0 Å². The molecule has 2 aromatic carbocycles. The van der Waals surface area contributed by atoms with Gasteiger partial charge in [-0.05, 0) is 61.4 Å². The lowest BCUT2D eigenvalue weighted by Gasteiger charge is -2.21. The normalized spacial score (nSPS) is 12.6. The van der Waals surface area contributed by atoms with Crippen molar-refractivity contribution in [2.24, 2.45) is 0 Å². The van der Waals surface area contributed by atoms with Gasteiger partial charge in [0.05, 0.1) is 18.8 Å². The highest BCUT2D eigenvalue weighted by molar-refractivity contribution is 6.06. The number of anilines is 1. The van der Waals surface area contributed by atoms with Gasteiger partial charge in [-0.25, -0.2) is 4.98 Å². The van der Waals surface area contributed by atoms with Gasteiger partial charge in [-0.15, -0.1) is 0 Å². The molecule has 0 saturated heterocycles. The number of methoxy groups -OCH3 is 1. The van der Waals surface area contributed by atoms with Crippen molar-refractivity contribution in [2.45, 2.75) is 19.3 Å². The minimum absolute atomic E-state index is 0.0818. The molecule has 0 fully saturated rings. The summed E-state index contributed by atoms with van der Waals surface area (Å²) >= 11 is 0. The number of rotatable bonds is 6. The molecule has 0 bridgehead atoms. The molecule has 9 heteroatoms. The van der Waals surface area contributed by atoms with E-state index < -0.39 is 11.5 Å². The number of nitrogens with zero attached hydrogens (tertiary/aromatic N) is 3. The van der Waals surface area contributed by atoms with Crippen molar-refractivity contribution >= 4 is 28.4 Å². The fraction of sp³-hybridized carbons (Fsp3) is 0.129. The number of hydrogen-bond donors (Lipinski definition) is 1. The van der Waals surface area contributed by atoms with E-state index in [4.69, 9.17) is 9.47 Å². The summed E-state index contributed by atoms with van der Waals surface area (Å²) in [4.78, 5) is 48.2. The van der Waals surface area contributed by atoms with Crippen LogP contribution in [0, 0.1) is 0 Å². The fourth-order valence-corrected chi connectivity index (χ4v) is 4.85. The van der Waals surface area contributed by atoms with Crippen molar-refractivity contribution in [3.8, 4) is 22.9 Å². The van der Waals surface area contributed by atoms with E-state index in [2.05, 4.69) is 15.3 Å². The number of amides is 1. The third-order valence-electron chi connectivity index (χ3n) is 6.80. The summed E-state index contributed by atoms with van der Waals surface area (Å²) in [6.45, 7) is 0. The molecule has 198 valence electrons. The Morgan fingerprint density at radius 1 is 0.925 bits per heavy atom. The average molecular weight is 533 g/mol. The van der Waals surface area contributed by atoms with Gasteiger partial charge < -0.3 is 14.8 Å². The molecule has 0 atom stereocenters. The van der Waals surface area contributed by atoms with Crippen LogP contribution < -0.4 is 20.3 Å². The van der Waals surface area contributed by atoms with Gasteiger partial charge in [0.25, 0.3) is 11.5 Å². The second-order valence-electron chi connectivity index (χ2n) is 9.30. The highest BCUT2D eigenvalue weighted by Gasteiger charge is 2.26. The summed E-state index contributed by atoms with van der Waals surface area (Å²) in [7, 11) is 1.59. The maximum Gasteiger partial charge on any atom is 0.268 e. The van der Waals surface area contributed by atoms with Crippen LogP contribution >= 0.6 is 0 Å². The molecule has 0 radical (unpaired) electrons. The lowest BCUT2D eigenvalue weighted by Crippen LogP contribution is -2.33. The molecule has 1 aliphatic rings. The molecule has 6 rings (SSSR count). The van der Waals surface area contributed by atoms with E-state index >= 15 is 0 Å². The predicted molar refractivity (Wildman–Crippen MR) is 150 cm³/mol. The van der Waals surface area contributed by atoms with Gasteiger partial charge in [-0.2, -0.15) is 0 Å². The number of ether oxygens (including phenoxy) is 2. The maximum atomic E-state index is 13.5. The molecule has 40 heavy (non-hydrogen) atoms. The number of para-hydroxylation sites is 1. The number of hydrogen-bond acceptors (Lipinski definition) is 7. The number of carbonyl (C=O) groups is 2. The lowest BCUT2D eigenvalue weighted by molar-refractivity contribution is 0.0971. The first-order valence-electron chi connectivity index (χ1n) is 12.8. The topological polar surface area (TPSA) is 112 Å². The number of nitrogens with one attached hydrogen (secondary N) is 1. The van der Waals surface area contributed by atoms with Crippen LogP contribution in [0.5, 0.6) is 17.2 Å². The van der Waals surface area contributed by atoms with Crippen LogP contribution in [0.1, 0.15) is 39.3 Å². The Kier molecular flexibility index (Phi) is 6.53. The Morgan fingerprint density at radius 2 is 1.75 bits per heavy atom. The van der Waals surface area contributed by atoms with Crippen LogP contribution in [0.25, 0.3) is 16.6 Å². The third-order valence-corrected chi connectivity index (χ3v) is 6.80. The van der Waals surface area contributed by atoms with Crippen LogP contribution in [-0.2, 0) is 6.42 Å². The molecular formula is C31H24N4O5. The Hall–Kier alpha value is -5.31. The highest BCUT2D eigenvalue weighted by atomic mass is 16.5. The maximum absolute atomic E-state index is 13.5. The molecule has 1 amide bonds. The largest absolute Gasteiger partial charge is 0.497 e. The van der Waals surface area contributed by atoms with Gasteiger partial charge >= 0.3 is 0 Å². The van der Waals surface area contributed by atoms with Crippen molar-refractivity contribution in [3.05, 3.63) is 112 Å². The first kappa shape index (κ1) is 25.0. The number of Topliss-reactive ketones (excluding diaryl/α,β-unsaturated/α-hetero) is 1. The Balaban J connectivity index is 1.27. The standard InChI is InChI=1S/C31H24N4O5/c1-39-20-10-12-22-25(16-20)32-15-14-28(22)40-21-11-13-29(33-18-21)34-30(37)24-17-23-26(8-5-9-27(23)36)35(31(24)38)19-6-3-2-4-7-19/h2-4,6-7,10-18H,5,8-9H2,1H3,(H,33,34,37). The number of ketones is 1. The van der Waals surface area contributed by atoms with Crippen LogP contribution in [0.2, 0.25) is 0 Å². The molecule has 1 N–H and O–H groups in total. The van der Waals surface area contributed by atoms with Gasteiger partial charge in [0.1, 0.15) is 28.6 Å². The summed E-state index contributed by atoms with van der Waals surface area (Å²) < 4.78 is 12.8. The van der Waals surface area contributed by atoms with Crippen molar-refractivity contribution in [3.63, 3.8) is 0 Å². The fourth-order valence-electron chi connectivity index (χ4n) is 4.85. The van der Waals surface area contributed by atoms with Gasteiger partial charge in [-0.1, -0.05) is 18.2 Å². The molecular weight excluding hydrogens is 508 g/mol. The molecule has 0 saturated carbocycles. The average Bonchev–Trinajstić information content (AvgIpc) is 2.98. The molecule has 3 heterocycles. The minimum atomic E-state index is -0.647. The number of carbonyl (C=O) groups excluding carboxylic acids is 2. The van der Waals surface area contributed by atoms with Crippen molar-refractivity contribution in [1.82, 2.24) is 14.5 Å². The molecule has 9 nitrogen and oxygen atoms in total.